The fourth-order valence-corrected chi connectivity index (χ4v) is 1.92. The molecule has 1 heterocycles. The van der Waals surface area contributed by atoms with Crippen LogP contribution in [0.15, 0.2) is 30.5 Å². The first kappa shape index (κ1) is 11.2. The van der Waals surface area contributed by atoms with E-state index in [1.165, 1.54) is 6.20 Å². The summed E-state index contributed by atoms with van der Waals surface area (Å²) in [6, 6.07) is 7.64. The predicted octanol–water partition coefficient (Wildman–Crippen LogP) is 2.69. The molecule has 82 valence electrons. The number of aromatic nitrogens is 2. The van der Waals surface area contributed by atoms with Crippen LogP contribution in [0.1, 0.15) is 15.2 Å². The standard InChI is InChI=1S/C10H8BrN3OS/c11-5-7-1-3-8(4-2-7)13-10(15)9-6-12-14-16-9/h1-4,6H,5H2,(H,13,15). The van der Waals surface area contributed by atoms with Gasteiger partial charge in [-0.2, -0.15) is 0 Å². The second-order valence-electron chi connectivity index (χ2n) is 3.07. The molecule has 16 heavy (non-hydrogen) atoms. The predicted molar refractivity (Wildman–Crippen MR) is 66.9 cm³/mol. The highest BCUT2D eigenvalue weighted by Gasteiger charge is 2.08. The van der Waals surface area contributed by atoms with Crippen molar-refractivity contribution in [2.24, 2.45) is 0 Å². The van der Waals surface area contributed by atoms with Gasteiger partial charge in [-0.1, -0.05) is 32.6 Å². The lowest BCUT2D eigenvalue weighted by molar-refractivity contribution is 0.103. The molecule has 0 unspecified atom stereocenters. The molecule has 0 spiro atoms. The first-order valence-electron chi connectivity index (χ1n) is 4.53. The number of hydrogen-bond acceptors (Lipinski definition) is 4. The Labute approximate surface area is 105 Å². The monoisotopic (exact) mass is 297 g/mol. The van der Waals surface area contributed by atoms with Crippen molar-refractivity contribution >= 4 is 39.1 Å². The van der Waals surface area contributed by atoms with E-state index >= 15 is 0 Å². The summed E-state index contributed by atoms with van der Waals surface area (Å²) in [6.07, 6.45) is 1.45. The minimum absolute atomic E-state index is 0.179. The summed E-state index contributed by atoms with van der Waals surface area (Å²) in [6.45, 7) is 0. The van der Waals surface area contributed by atoms with Crippen LogP contribution < -0.4 is 5.32 Å². The third kappa shape index (κ3) is 2.65. The zero-order chi connectivity index (χ0) is 11.4. The molecule has 0 radical (unpaired) electrons. The first-order valence-corrected chi connectivity index (χ1v) is 6.42. The van der Waals surface area contributed by atoms with E-state index in [4.69, 9.17) is 0 Å². The zero-order valence-electron chi connectivity index (χ0n) is 8.18. The van der Waals surface area contributed by atoms with Gasteiger partial charge in [-0.3, -0.25) is 4.79 Å². The van der Waals surface area contributed by atoms with Crippen molar-refractivity contribution < 1.29 is 4.79 Å². The molecule has 0 aliphatic carbocycles. The van der Waals surface area contributed by atoms with Gasteiger partial charge in [0, 0.05) is 11.0 Å². The Morgan fingerprint density at radius 1 is 1.38 bits per heavy atom. The first-order chi connectivity index (χ1) is 7.79. The van der Waals surface area contributed by atoms with Crippen molar-refractivity contribution in [2.45, 2.75) is 5.33 Å². The largest absolute Gasteiger partial charge is 0.321 e. The third-order valence-corrected chi connectivity index (χ3v) is 3.26. The lowest BCUT2D eigenvalue weighted by atomic mass is 10.2. The van der Waals surface area contributed by atoms with E-state index in [1.54, 1.807) is 0 Å². The number of carbonyl (C=O) groups is 1. The second kappa shape index (κ2) is 5.18. The minimum Gasteiger partial charge on any atom is -0.321 e. The summed E-state index contributed by atoms with van der Waals surface area (Å²) in [7, 11) is 0. The number of amides is 1. The molecule has 6 heteroatoms. The molecule has 1 amide bonds. The number of alkyl halides is 1. The minimum atomic E-state index is -0.179. The van der Waals surface area contributed by atoms with E-state index in [-0.39, 0.29) is 5.91 Å². The molecule has 1 N–H and O–H groups in total. The summed E-state index contributed by atoms with van der Waals surface area (Å²) in [4.78, 5) is 12.1. The lowest BCUT2D eigenvalue weighted by Crippen LogP contribution is -2.09. The second-order valence-corrected chi connectivity index (χ2v) is 4.41. The van der Waals surface area contributed by atoms with Gasteiger partial charge in [0.2, 0.25) is 0 Å². The maximum Gasteiger partial charge on any atom is 0.269 e. The number of hydrogen-bond donors (Lipinski definition) is 1. The van der Waals surface area contributed by atoms with Crippen LogP contribution in [0.25, 0.3) is 0 Å². The van der Waals surface area contributed by atoms with Gasteiger partial charge in [-0.15, -0.1) is 5.10 Å². The van der Waals surface area contributed by atoms with Gasteiger partial charge in [0.1, 0.15) is 4.88 Å². The Morgan fingerprint density at radius 3 is 2.69 bits per heavy atom. The average Bonchev–Trinajstić information content (AvgIpc) is 2.83. The number of carbonyl (C=O) groups excluding carboxylic acids is 1. The summed E-state index contributed by atoms with van der Waals surface area (Å²) < 4.78 is 3.64. The van der Waals surface area contributed by atoms with Crippen LogP contribution in [0, 0.1) is 0 Å². The van der Waals surface area contributed by atoms with Crippen molar-refractivity contribution in [1.82, 2.24) is 9.59 Å². The van der Waals surface area contributed by atoms with Crippen LogP contribution in [0.3, 0.4) is 0 Å². The summed E-state index contributed by atoms with van der Waals surface area (Å²) in [5.41, 5.74) is 1.93. The molecule has 0 aliphatic heterocycles. The number of nitrogens with one attached hydrogen (secondary N) is 1. The number of anilines is 1. The van der Waals surface area contributed by atoms with Crippen LogP contribution in [0.4, 0.5) is 5.69 Å². The Bertz CT molecular complexity index is 469. The molecule has 2 rings (SSSR count). The van der Waals surface area contributed by atoms with Gasteiger partial charge in [0.05, 0.1) is 6.20 Å². The van der Waals surface area contributed by atoms with Gasteiger partial charge in [0.15, 0.2) is 0 Å². The van der Waals surface area contributed by atoms with Crippen molar-refractivity contribution in [3.05, 3.63) is 40.9 Å². The topological polar surface area (TPSA) is 54.9 Å². The van der Waals surface area contributed by atoms with E-state index in [0.717, 1.165) is 28.1 Å². The van der Waals surface area contributed by atoms with Gasteiger partial charge in [-0.05, 0) is 29.2 Å². The molecule has 1 aromatic heterocycles. The van der Waals surface area contributed by atoms with Gasteiger partial charge in [-0.25, -0.2) is 0 Å². The van der Waals surface area contributed by atoms with Crippen molar-refractivity contribution in [3.63, 3.8) is 0 Å². The van der Waals surface area contributed by atoms with Gasteiger partial charge >= 0.3 is 0 Å². The lowest BCUT2D eigenvalue weighted by Gasteiger charge is -2.03. The Balaban J connectivity index is 2.06. The van der Waals surface area contributed by atoms with Crippen molar-refractivity contribution in [1.29, 1.82) is 0 Å². The SMILES string of the molecule is O=C(Nc1ccc(CBr)cc1)c1cnns1. The Hall–Kier alpha value is -1.27. The van der Waals surface area contributed by atoms with Crippen molar-refractivity contribution in [3.8, 4) is 0 Å². The number of nitrogens with zero attached hydrogens (tertiary/aromatic N) is 2. The quantitative estimate of drug-likeness (QED) is 0.886. The molecule has 1 aromatic carbocycles. The van der Waals surface area contributed by atoms with Gasteiger partial charge < -0.3 is 5.32 Å². The summed E-state index contributed by atoms with van der Waals surface area (Å²) >= 11 is 4.44. The van der Waals surface area contributed by atoms with E-state index in [0.29, 0.717) is 4.88 Å². The van der Waals surface area contributed by atoms with Crippen molar-refractivity contribution in [2.75, 3.05) is 5.32 Å². The summed E-state index contributed by atoms with van der Waals surface area (Å²) in [5, 5.41) is 7.19. The van der Waals surface area contributed by atoms with E-state index in [1.807, 2.05) is 24.3 Å². The van der Waals surface area contributed by atoms with E-state index in [2.05, 4.69) is 30.8 Å². The van der Waals surface area contributed by atoms with E-state index in [9.17, 15) is 4.79 Å². The Morgan fingerprint density at radius 2 is 2.12 bits per heavy atom. The molecule has 0 aliphatic rings. The van der Waals surface area contributed by atoms with Crippen LogP contribution >= 0.6 is 27.5 Å². The molecule has 0 atom stereocenters. The highest BCUT2D eigenvalue weighted by Crippen LogP contribution is 2.13. The highest BCUT2D eigenvalue weighted by atomic mass is 79.9. The molecule has 0 bridgehead atoms. The molecular weight excluding hydrogens is 290 g/mol. The fraction of sp³-hybridized carbons (Fsp3) is 0.100. The molecular formula is C10H8BrN3OS. The van der Waals surface area contributed by atoms with Crippen LogP contribution in [-0.4, -0.2) is 15.5 Å². The zero-order valence-corrected chi connectivity index (χ0v) is 10.6. The number of rotatable bonds is 3. The fourth-order valence-electron chi connectivity index (χ4n) is 1.14. The van der Waals surface area contributed by atoms with Crippen LogP contribution in [0.2, 0.25) is 0 Å². The molecule has 2 aromatic rings. The van der Waals surface area contributed by atoms with Crippen LogP contribution in [0.5, 0.6) is 0 Å². The normalized spacial score (nSPS) is 10.1. The Kier molecular flexibility index (Phi) is 3.63. The maximum absolute atomic E-state index is 11.6. The van der Waals surface area contributed by atoms with Crippen LogP contribution in [-0.2, 0) is 5.33 Å². The maximum atomic E-state index is 11.6. The highest BCUT2D eigenvalue weighted by molar-refractivity contribution is 9.08. The smallest absolute Gasteiger partial charge is 0.269 e. The third-order valence-electron chi connectivity index (χ3n) is 1.95. The number of halogens is 1. The molecule has 0 saturated carbocycles. The number of benzene rings is 1. The summed E-state index contributed by atoms with van der Waals surface area (Å²) in [5.74, 6) is -0.179. The molecule has 4 nitrogen and oxygen atoms in total. The average molecular weight is 298 g/mol. The molecule has 0 fully saturated rings. The van der Waals surface area contributed by atoms with Gasteiger partial charge in [0.25, 0.3) is 5.91 Å². The molecule has 0 saturated heterocycles. The van der Waals surface area contributed by atoms with E-state index < -0.39 is 0 Å².